The number of nitrogens with zero attached hydrogens (tertiary/aromatic N) is 2. The quantitative estimate of drug-likeness (QED) is 0.909. The molecule has 0 spiro atoms. The minimum atomic E-state index is -0.0306. The minimum Gasteiger partial charge on any atom is -0.316 e. The summed E-state index contributed by atoms with van der Waals surface area (Å²) >= 11 is 3.08. The molecule has 0 aliphatic carbocycles. The van der Waals surface area contributed by atoms with Crippen LogP contribution in [0.15, 0.2) is 17.5 Å². The van der Waals surface area contributed by atoms with Crippen LogP contribution in [0, 0.1) is 0 Å². The molecule has 0 saturated carbocycles. The van der Waals surface area contributed by atoms with E-state index >= 15 is 0 Å². The van der Waals surface area contributed by atoms with E-state index in [0.29, 0.717) is 17.5 Å². The smallest absolute Gasteiger partial charge is 0.231 e. The molecular formula is C13H16N4OS2. The Bertz CT molecular complexity index is 561. The van der Waals surface area contributed by atoms with E-state index < -0.39 is 0 Å². The zero-order valence-corrected chi connectivity index (χ0v) is 12.6. The lowest BCUT2D eigenvalue weighted by atomic mass is 10.0. The zero-order chi connectivity index (χ0) is 13.8. The van der Waals surface area contributed by atoms with E-state index in [0.717, 1.165) is 29.4 Å². The molecule has 1 fully saturated rings. The van der Waals surface area contributed by atoms with Crippen LogP contribution < -0.4 is 10.6 Å². The molecule has 2 aromatic rings. The first-order chi connectivity index (χ1) is 9.81. The van der Waals surface area contributed by atoms with Crippen molar-refractivity contribution in [3.8, 4) is 0 Å². The van der Waals surface area contributed by atoms with Crippen molar-refractivity contribution < 1.29 is 4.79 Å². The van der Waals surface area contributed by atoms with Gasteiger partial charge in [-0.15, -0.1) is 21.5 Å². The number of rotatable bonds is 4. The number of piperidine rings is 1. The van der Waals surface area contributed by atoms with Gasteiger partial charge in [0.25, 0.3) is 0 Å². The molecule has 1 aliphatic rings. The van der Waals surface area contributed by atoms with E-state index in [1.807, 2.05) is 17.5 Å². The lowest BCUT2D eigenvalue weighted by Gasteiger charge is -2.19. The number of carbonyl (C=O) groups is 1. The van der Waals surface area contributed by atoms with Gasteiger partial charge in [0.2, 0.25) is 11.0 Å². The molecular weight excluding hydrogens is 292 g/mol. The Labute approximate surface area is 125 Å². The van der Waals surface area contributed by atoms with Gasteiger partial charge < -0.3 is 10.6 Å². The summed E-state index contributed by atoms with van der Waals surface area (Å²) in [5.41, 5.74) is 0. The van der Waals surface area contributed by atoms with Crippen molar-refractivity contribution in [2.75, 3.05) is 18.4 Å². The molecule has 2 N–H and O–H groups in total. The summed E-state index contributed by atoms with van der Waals surface area (Å²) in [6.07, 6.45) is 2.71. The number of carbonyl (C=O) groups excluding carboxylic acids is 1. The van der Waals surface area contributed by atoms with Crippen molar-refractivity contribution in [3.63, 3.8) is 0 Å². The van der Waals surface area contributed by atoms with Crippen molar-refractivity contribution in [1.82, 2.24) is 15.5 Å². The van der Waals surface area contributed by atoms with Crippen molar-refractivity contribution in [1.29, 1.82) is 0 Å². The molecule has 7 heteroatoms. The van der Waals surface area contributed by atoms with Crippen LogP contribution in [-0.4, -0.2) is 29.2 Å². The highest BCUT2D eigenvalue weighted by Gasteiger charge is 2.20. The molecule has 20 heavy (non-hydrogen) atoms. The maximum atomic E-state index is 11.9. The van der Waals surface area contributed by atoms with Gasteiger partial charge in [0.15, 0.2) is 0 Å². The van der Waals surface area contributed by atoms with E-state index in [-0.39, 0.29) is 5.91 Å². The van der Waals surface area contributed by atoms with Crippen LogP contribution in [0.25, 0.3) is 0 Å². The topological polar surface area (TPSA) is 66.9 Å². The van der Waals surface area contributed by atoms with E-state index in [2.05, 4.69) is 20.8 Å². The minimum absolute atomic E-state index is 0.0306. The molecule has 5 nitrogen and oxygen atoms in total. The van der Waals surface area contributed by atoms with E-state index in [9.17, 15) is 4.79 Å². The van der Waals surface area contributed by atoms with Gasteiger partial charge in [0.05, 0.1) is 6.42 Å². The van der Waals surface area contributed by atoms with E-state index in [1.54, 1.807) is 11.3 Å². The largest absolute Gasteiger partial charge is 0.316 e. The van der Waals surface area contributed by atoms with Crippen molar-refractivity contribution in [3.05, 3.63) is 27.4 Å². The number of hydrogen-bond acceptors (Lipinski definition) is 6. The van der Waals surface area contributed by atoms with Crippen molar-refractivity contribution >= 4 is 33.7 Å². The first-order valence-electron chi connectivity index (χ1n) is 6.67. The molecule has 1 aliphatic heterocycles. The Kier molecular flexibility index (Phi) is 4.39. The number of nitrogens with one attached hydrogen (secondary N) is 2. The van der Waals surface area contributed by atoms with E-state index in [4.69, 9.17) is 0 Å². The number of anilines is 1. The fourth-order valence-electron chi connectivity index (χ4n) is 2.25. The van der Waals surface area contributed by atoms with Crippen LogP contribution in [0.1, 0.15) is 28.6 Å². The average molecular weight is 308 g/mol. The number of aromatic nitrogens is 2. The van der Waals surface area contributed by atoms with Crippen LogP contribution in [-0.2, 0) is 11.2 Å². The summed E-state index contributed by atoms with van der Waals surface area (Å²) in [5.74, 6) is 0.404. The number of hydrogen-bond donors (Lipinski definition) is 2. The first-order valence-corrected chi connectivity index (χ1v) is 8.37. The average Bonchev–Trinajstić information content (AvgIpc) is 3.11. The fraction of sp³-hybridized carbons (Fsp3) is 0.462. The van der Waals surface area contributed by atoms with Crippen LogP contribution in [0.5, 0.6) is 0 Å². The van der Waals surface area contributed by atoms with E-state index in [1.165, 1.54) is 17.8 Å². The summed E-state index contributed by atoms with van der Waals surface area (Å²) in [4.78, 5) is 12.9. The Morgan fingerprint density at radius 3 is 3.20 bits per heavy atom. The van der Waals surface area contributed by atoms with Gasteiger partial charge in [0, 0.05) is 17.3 Å². The maximum Gasteiger partial charge on any atom is 0.231 e. The lowest BCUT2D eigenvalue weighted by Crippen LogP contribution is -2.28. The first kappa shape index (κ1) is 13.7. The fourth-order valence-corrected chi connectivity index (χ4v) is 3.85. The molecule has 2 aromatic heterocycles. The predicted octanol–water partition coefficient (Wildman–Crippen LogP) is 2.25. The Morgan fingerprint density at radius 1 is 1.50 bits per heavy atom. The Morgan fingerprint density at radius 2 is 2.45 bits per heavy atom. The Hall–Kier alpha value is -1.31. The molecule has 106 valence electrons. The van der Waals surface area contributed by atoms with Crippen LogP contribution in [0.3, 0.4) is 0 Å². The summed E-state index contributed by atoms with van der Waals surface area (Å²) in [6.45, 7) is 2.04. The SMILES string of the molecule is O=C(Cc1cccs1)Nc1nnc(C2CCCNC2)s1. The second-order valence-electron chi connectivity index (χ2n) is 4.79. The van der Waals surface area contributed by atoms with Gasteiger partial charge in [-0.2, -0.15) is 0 Å². The van der Waals surface area contributed by atoms with Crippen LogP contribution in [0.4, 0.5) is 5.13 Å². The second-order valence-corrected chi connectivity index (χ2v) is 6.83. The van der Waals surface area contributed by atoms with Crippen molar-refractivity contribution in [2.45, 2.75) is 25.2 Å². The Balaban J connectivity index is 1.57. The third kappa shape index (κ3) is 3.41. The summed E-state index contributed by atoms with van der Waals surface area (Å²) in [7, 11) is 0. The van der Waals surface area contributed by atoms with Gasteiger partial charge in [-0.1, -0.05) is 17.4 Å². The molecule has 3 rings (SSSR count). The molecule has 1 saturated heterocycles. The molecule has 1 amide bonds. The standard InChI is InChI=1S/C13H16N4OS2/c18-11(7-10-4-2-6-19-10)15-13-17-16-12(20-13)9-3-1-5-14-8-9/h2,4,6,9,14H,1,3,5,7-8H2,(H,15,17,18). The van der Waals surface area contributed by atoms with Gasteiger partial charge >= 0.3 is 0 Å². The summed E-state index contributed by atoms with van der Waals surface area (Å²) in [5, 5.41) is 18.1. The monoisotopic (exact) mass is 308 g/mol. The maximum absolute atomic E-state index is 11.9. The van der Waals surface area contributed by atoms with Crippen molar-refractivity contribution in [2.24, 2.45) is 0 Å². The predicted molar refractivity (Wildman–Crippen MR) is 81.4 cm³/mol. The number of amides is 1. The van der Waals surface area contributed by atoms with Gasteiger partial charge in [-0.25, -0.2) is 0 Å². The molecule has 0 bridgehead atoms. The van der Waals surface area contributed by atoms with Gasteiger partial charge in [0.1, 0.15) is 5.01 Å². The zero-order valence-electron chi connectivity index (χ0n) is 11.0. The normalized spacial score (nSPS) is 18.9. The van der Waals surface area contributed by atoms with Gasteiger partial charge in [-0.3, -0.25) is 4.79 Å². The molecule has 1 unspecified atom stereocenters. The van der Waals surface area contributed by atoms with Gasteiger partial charge in [-0.05, 0) is 30.8 Å². The van der Waals surface area contributed by atoms with Crippen LogP contribution in [0.2, 0.25) is 0 Å². The third-order valence-electron chi connectivity index (χ3n) is 3.25. The highest BCUT2D eigenvalue weighted by atomic mass is 32.1. The summed E-state index contributed by atoms with van der Waals surface area (Å²) in [6, 6.07) is 3.91. The van der Waals surface area contributed by atoms with Crippen LogP contribution >= 0.6 is 22.7 Å². The molecule has 0 radical (unpaired) electrons. The lowest BCUT2D eigenvalue weighted by molar-refractivity contribution is -0.115. The highest BCUT2D eigenvalue weighted by molar-refractivity contribution is 7.15. The second kappa shape index (κ2) is 6.43. The highest BCUT2D eigenvalue weighted by Crippen LogP contribution is 2.28. The summed E-state index contributed by atoms with van der Waals surface area (Å²) < 4.78 is 0. The molecule has 3 heterocycles. The number of thiophene rings is 1. The molecule has 1 atom stereocenters. The molecule has 0 aromatic carbocycles. The third-order valence-corrected chi connectivity index (χ3v) is 5.13.